The summed E-state index contributed by atoms with van der Waals surface area (Å²) in [4.78, 5) is 13.8. The van der Waals surface area contributed by atoms with Crippen LogP contribution in [0.25, 0.3) is 0 Å². The number of rotatable bonds is 3. The number of carbonyl (C=O) groups is 1. The van der Waals surface area contributed by atoms with Crippen LogP contribution in [0.5, 0.6) is 0 Å². The summed E-state index contributed by atoms with van der Waals surface area (Å²) in [5, 5.41) is 2.90. The van der Waals surface area contributed by atoms with E-state index >= 15 is 0 Å². The predicted molar refractivity (Wildman–Crippen MR) is 62.8 cm³/mol. The van der Waals surface area contributed by atoms with Gasteiger partial charge in [0, 0.05) is 25.3 Å². The van der Waals surface area contributed by atoms with Crippen LogP contribution in [0.4, 0.5) is 5.69 Å². The van der Waals surface area contributed by atoms with Crippen molar-refractivity contribution in [2.75, 3.05) is 32.2 Å². The largest absolute Gasteiger partial charge is 0.378 e. The highest BCUT2D eigenvalue weighted by atomic mass is 16.5. The number of benzene rings is 1. The van der Waals surface area contributed by atoms with Gasteiger partial charge in [0.15, 0.2) is 0 Å². The Kier molecular flexibility index (Phi) is 3.10. The first-order chi connectivity index (χ1) is 7.66. The topological polar surface area (TPSA) is 41.6 Å². The second-order valence-electron chi connectivity index (χ2n) is 4.15. The van der Waals surface area contributed by atoms with Gasteiger partial charge in [-0.15, -0.1) is 0 Å². The normalized spacial score (nSPS) is 15.4. The van der Waals surface area contributed by atoms with Crippen LogP contribution in [0.2, 0.25) is 0 Å². The molecule has 1 amide bonds. The fourth-order valence-corrected chi connectivity index (χ4v) is 1.50. The van der Waals surface area contributed by atoms with Gasteiger partial charge in [-0.3, -0.25) is 4.79 Å². The van der Waals surface area contributed by atoms with Gasteiger partial charge in [-0.05, 0) is 24.3 Å². The molecular formula is C12H16N2O2. The second kappa shape index (κ2) is 4.53. The number of amides is 1. The summed E-state index contributed by atoms with van der Waals surface area (Å²) in [6.07, 6.45) is 0. The van der Waals surface area contributed by atoms with Crippen LogP contribution in [0.15, 0.2) is 24.3 Å². The van der Waals surface area contributed by atoms with E-state index in [4.69, 9.17) is 4.74 Å². The van der Waals surface area contributed by atoms with Gasteiger partial charge in [-0.2, -0.15) is 0 Å². The predicted octanol–water partition coefficient (Wildman–Crippen LogP) is 0.881. The number of anilines is 1. The van der Waals surface area contributed by atoms with E-state index in [0.29, 0.717) is 18.8 Å². The van der Waals surface area contributed by atoms with Crippen molar-refractivity contribution in [3.8, 4) is 0 Å². The molecule has 0 unspecified atom stereocenters. The highest BCUT2D eigenvalue weighted by molar-refractivity contribution is 5.94. The van der Waals surface area contributed by atoms with Crippen molar-refractivity contribution in [1.82, 2.24) is 5.32 Å². The van der Waals surface area contributed by atoms with Crippen molar-refractivity contribution < 1.29 is 9.53 Å². The van der Waals surface area contributed by atoms with Crippen molar-refractivity contribution in [2.24, 2.45) is 0 Å². The van der Waals surface area contributed by atoms with Crippen molar-refractivity contribution in [3.63, 3.8) is 0 Å². The lowest BCUT2D eigenvalue weighted by molar-refractivity contribution is -0.00346. The fraction of sp³-hybridized carbons (Fsp3) is 0.417. The van der Waals surface area contributed by atoms with Crippen LogP contribution in [0, 0.1) is 0 Å². The molecule has 0 bridgehead atoms. The van der Waals surface area contributed by atoms with E-state index in [1.807, 2.05) is 43.3 Å². The van der Waals surface area contributed by atoms with Crippen LogP contribution in [-0.4, -0.2) is 39.3 Å². The lowest BCUT2D eigenvalue weighted by Gasteiger charge is -2.26. The minimum Gasteiger partial charge on any atom is -0.378 e. The number of carbonyl (C=O) groups excluding carboxylic acids is 1. The highest BCUT2D eigenvalue weighted by Gasteiger charge is 2.20. The minimum absolute atomic E-state index is 0.0291. The van der Waals surface area contributed by atoms with Gasteiger partial charge in [-0.25, -0.2) is 0 Å². The van der Waals surface area contributed by atoms with Gasteiger partial charge in [0.1, 0.15) is 0 Å². The van der Waals surface area contributed by atoms with E-state index in [2.05, 4.69) is 5.32 Å². The molecule has 1 aliphatic heterocycles. The van der Waals surface area contributed by atoms with Crippen LogP contribution in [-0.2, 0) is 4.74 Å². The summed E-state index contributed by atoms with van der Waals surface area (Å²) >= 11 is 0. The first-order valence-corrected chi connectivity index (χ1v) is 5.33. The zero-order chi connectivity index (χ0) is 11.5. The van der Waals surface area contributed by atoms with Gasteiger partial charge in [-0.1, -0.05) is 0 Å². The molecule has 1 aromatic rings. The first-order valence-electron chi connectivity index (χ1n) is 5.33. The summed E-state index contributed by atoms with van der Waals surface area (Å²) in [5.74, 6) is -0.0291. The Bertz CT molecular complexity index is 369. The van der Waals surface area contributed by atoms with E-state index in [1.54, 1.807) is 0 Å². The Morgan fingerprint density at radius 3 is 2.38 bits per heavy atom. The number of nitrogens with one attached hydrogen (secondary N) is 1. The molecule has 0 atom stereocenters. The lowest BCUT2D eigenvalue weighted by Crippen LogP contribution is -2.48. The van der Waals surface area contributed by atoms with E-state index in [0.717, 1.165) is 5.69 Å². The molecule has 16 heavy (non-hydrogen) atoms. The molecule has 2 rings (SSSR count). The third kappa shape index (κ3) is 2.33. The summed E-state index contributed by atoms with van der Waals surface area (Å²) < 4.78 is 5.00. The zero-order valence-corrected chi connectivity index (χ0v) is 9.56. The highest BCUT2D eigenvalue weighted by Crippen LogP contribution is 2.12. The Hall–Kier alpha value is -1.55. The molecule has 1 saturated heterocycles. The molecule has 0 radical (unpaired) electrons. The van der Waals surface area contributed by atoms with Gasteiger partial charge < -0.3 is 15.0 Å². The van der Waals surface area contributed by atoms with Crippen LogP contribution >= 0.6 is 0 Å². The molecule has 0 saturated carbocycles. The molecule has 0 spiro atoms. The van der Waals surface area contributed by atoms with E-state index in [1.165, 1.54) is 0 Å². The summed E-state index contributed by atoms with van der Waals surface area (Å²) in [6.45, 7) is 1.25. The number of nitrogens with zero attached hydrogens (tertiary/aromatic N) is 1. The zero-order valence-electron chi connectivity index (χ0n) is 9.56. The first kappa shape index (κ1) is 11.0. The number of hydrogen-bond acceptors (Lipinski definition) is 3. The van der Waals surface area contributed by atoms with Crippen LogP contribution < -0.4 is 10.2 Å². The van der Waals surface area contributed by atoms with Crippen molar-refractivity contribution in [2.45, 2.75) is 6.04 Å². The quantitative estimate of drug-likeness (QED) is 0.822. The monoisotopic (exact) mass is 220 g/mol. The molecule has 0 aromatic heterocycles. The van der Waals surface area contributed by atoms with Crippen LogP contribution in [0.1, 0.15) is 10.4 Å². The Labute approximate surface area is 95.2 Å². The second-order valence-corrected chi connectivity index (χ2v) is 4.15. The Balaban J connectivity index is 2.00. The average Bonchev–Trinajstić information content (AvgIpc) is 2.23. The average molecular weight is 220 g/mol. The van der Waals surface area contributed by atoms with Crippen molar-refractivity contribution in [1.29, 1.82) is 0 Å². The molecule has 1 heterocycles. The molecule has 86 valence electrons. The Morgan fingerprint density at radius 1 is 1.31 bits per heavy atom. The summed E-state index contributed by atoms with van der Waals surface area (Å²) in [6, 6.07) is 7.73. The third-order valence-electron chi connectivity index (χ3n) is 2.62. The van der Waals surface area contributed by atoms with Gasteiger partial charge >= 0.3 is 0 Å². The van der Waals surface area contributed by atoms with Gasteiger partial charge in [0.25, 0.3) is 5.91 Å². The lowest BCUT2D eigenvalue weighted by atomic mass is 10.1. The standard InChI is InChI=1S/C12H16N2O2/c1-14(2)11-5-3-9(4-6-11)12(15)13-10-7-16-8-10/h3-6,10H,7-8H2,1-2H3,(H,13,15). The van der Waals surface area contributed by atoms with Crippen molar-refractivity contribution in [3.05, 3.63) is 29.8 Å². The number of hydrogen-bond donors (Lipinski definition) is 1. The summed E-state index contributed by atoms with van der Waals surface area (Å²) in [5.41, 5.74) is 1.78. The van der Waals surface area contributed by atoms with Crippen molar-refractivity contribution >= 4 is 11.6 Å². The maximum absolute atomic E-state index is 11.7. The minimum atomic E-state index is -0.0291. The van der Waals surface area contributed by atoms with E-state index in [-0.39, 0.29) is 11.9 Å². The third-order valence-corrected chi connectivity index (χ3v) is 2.62. The molecule has 1 N–H and O–H groups in total. The smallest absolute Gasteiger partial charge is 0.251 e. The molecule has 1 fully saturated rings. The van der Waals surface area contributed by atoms with E-state index < -0.39 is 0 Å². The molecular weight excluding hydrogens is 204 g/mol. The molecule has 1 aromatic carbocycles. The molecule has 0 aliphatic carbocycles. The van der Waals surface area contributed by atoms with E-state index in [9.17, 15) is 4.79 Å². The van der Waals surface area contributed by atoms with Crippen LogP contribution in [0.3, 0.4) is 0 Å². The SMILES string of the molecule is CN(C)c1ccc(C(=O)NC2COC2)cc1. The molecule has 1 aliphatic rings. The maximum Gasteiger partial charge on any atom is 0.251 e. The van der Waals surface area contributed by atoms with Gasteiger partial charge in [0.2, 0.25) is 0 Å². The Morgan fingerprint density at radius 2 is 1.94 bits per heavy atom. The fourth-order valence-electron chi connectivity index (χ4n) is 1.50. The molecule has 4 heteroatoms. The number of ether oxygens (including phenoxy) is 1. The summed E-state index contributed by atoms with van der Waals surface area (Å²) in [7, 11) is 3.95. The maximum atomic E-state index is 11.7. The molecule has 4 nitrogen and oxygen atoms in total. The van der Waals surface area contributed by atoms with Gasteiger partial charge in [0.05, 0.1) is 19.3 Å².